The number of H-pyrrole nitrogens is 1. The van der Waals surface area contributed by atoms with Crippen LogP contribution in [-0.2, 0) is 7.05 Å². The molecule has 1 aromatic carbocycles. The molecule has 8 nitrogen and oxygen atoms in total. The van der Waals surface area contributed by atoms with E-state index < -0.39 is 0 Å². The summed E-state index contributed by atoms with van der Waals surface area (Å²) in [6, 6.07) is 13.1. The number of amides is 1. The van der Waals surface area contributed by atoms with Crippen LogP contribution < -0.4 is 10.6 Å². The van der Waals surface area contributed by atoms with Crippen molar-refractivity contribution >= 4 is 34.5 Å². The average Bonchev–Trinajstić information content (AvgIpc) is 3.12. The van der Waals surface area contributed by atoms with Gasteiger partial charge in [-0.2, -0.15) is 0 Å². The third kappa shape index (κ3) is 3.73. The summed E-state index contributed by atoms with van der Waals surface area (Å²) in [6.45, 7) is 2.66. The predicted octanol–water partition coefficient (Wildman–Crippen LogP) is 2.94. The Morgan fingerprint density at radius 3 is 2.56 bits per heavy atom. The molecular weight excluding hydrogens is 428 g/mol. The van der Waals surface area contributed by atoms with Gasteiger partial charge >= 0.3 is 5.69 Å². The lowest BCUT2D eigenvalue weighted by Crippen LogP contribution is -2.49. The van der Waals surface area contributed by atoms with E-state index in [-0.39, 0.29) is 11.6 Å². The molecule has 1 fully saturated rings. The molecule has 4 aromatic rings. The van der Waals surface area contributed by atoms with Gasteiger partial charge in [0.15, 0.2) is 5.65 Å². The normalized spacial score (nSPS) is 14.2. The van der Waals surface area contributed by atoms with E-state index in [2.05, 4.69) is 19.9 Å². The number of nitrogens with zero attached hydrogens (tertiary/aromatic N) is 5. The summed E-state index contributed by atoms with van der Waals surface area (Å²) in [5.74, 6) is 0.865. The zero-order valence-corrected chi connectivity index (χ0v) is 18.2. The Labute approximate surface area is 189 Å². The van der Waals surface area contributed by atoms with Gasteiger partial charge in [-0.05, 0) is 35.9 Å². The highest BCUT2D eigenvalue weighted by Gasteiger charge is 2.23. The Hall–Kier alpha value is -3.65. The predicted molar refractivity (Wildman–Crippen MR) is 124 cm³/mol. The van der Waals surface area contributed by atoms with Gasteiger partial charge in [-0.25, -0.2) is 14.8 Å². The first-order valence-electron chi connectivity index (χ1n) is 10.3. The maximum Gasteiger partial charge on any atom is 0.327 e. The Bertz CT molecular complexity index is 1350. The SMILES string of the molecule is Cn1c(=O)[nH]c2ncc(-c3cccc(C(=O)N4CCN(c5ccc(Cl)cn5)CC4)c3)cc21. The average molecular weight is 449 g/mol. The van der Waals surface area contributed by atoms with Crippen LogP contribution in [0.2, 0.25) is 5.02 Å². The number of aryl methyl sites for hydroxylation is 1. The fourth-order valence-corrected chi connectivity index (χ4v) is 4.08. The number of pyridine rings is 2. The molecule has 1 amide bonds. The van der Waals surface area contributed by atoms with E-state index in [9.17, 15) is 9.59 Å². The van der Waals surface area contributed by atoms with Gasteiger partial charge in [0.2, 0.25) is 0 Å². The lowest BCUT2D eigenvalue weighted by Gasteiger charge is -2.35. The van der Waals surface area contributed by atoms with Crippen LogP contribution in [0.15, 0.2) is 59.7 Å². The lowest BCUT2D eigenvalue weighted by molar-refractivity contribution is 0.0746. The van der Waals surface area contributed by atoms with E-state index in [1.54, 1.807) is 19.4 Å². The molecule has 0 atom stereocenters. The number of anilines is 1. The van der Waals surface area contributed by atoms with E-state index >= 15 is 0 Å². The second kappa shape index (κ2) is 8.12. The van der Waals surface area contributed by atoms with Crippen molar-refractivity contribution in [3.63, 3.8) is 0 Å². The molecule has 0 spiro atoms. The van der Waals surface area contributed by atoms with E-state index in [1.807, 2.05) is 47.4 Å². The molecule has 0 aliphatic carbocycles. The summed E-state index contributed by atoms with van der Waals surface area (Å²) in [4.78, 5) is 40.4. The molecule has 32 heavy (non-hydrogen) atoms. The fourth-order valence-electron chi connectivity index (χ4n) is 3.97. The van der Waals surface area contributed by atoms with Gasteiger partial charge < -0.3 is 9.80 Å². The smallest absolute Gasteiger partial charge is 0.327 e. The van der Waals surface area contributed by atoms with Crippen molar-refractivity contribution in [2.45, 2.75) is 0 Å². The maximum atomic E-state index is 13.1. The number of piperazine rings is 1. The van der Waals surface area contributed by atoms with E-state index in [1.165, 1.54) is 4.57 Å². The van der Waals surface area contributed by atoms with Crippen LogP contribution in [0.5, 0.6) is 0 Å². The van der Waals surface area contributed by atoms with Gasteiger partial charge in [0.25, 0.3) is 5.91 Å². The van der Waals surface area contributed by atoms with Crippen LogP contribution >= 0.6 is 11.6 Å². The van der Waals surface area contributed by atoms with Crippen molar-refractivity contribution < 1.29 is 4.79 Å². The van der Waals surface area contributed by atoms with Gasteiger partial charge in [-0.15, -0.1) is 0 Å². The maximum absolute atomic E-state index is 13.1. The summed E-state index contributed by atoms with van der Waals surface area (Å²) >= 11 is 5.92. The molecule has 4 heterocycles. The Balaban J connectivity index is 1.33. The number of hydrogen-bond donors (Lipinski definition) is 1. The number of nitrogens with one attached hydrogen (secondary N) is 1. The van der Waals surface area contributed by atoms with Crippen molar-refractivity contribution in [1.82, 2.24) is 24.4 Å². The Kier molecular flexibility index (Phi) is 5.14. The number of carbonyl (C=O) groups is 1. The van der Waals surface area contributed by atoms with E-state index in [4.69, 9.17) is 11.6 Å². The van der Waals surface area contributed by atoms with Crippen LogP contribution in [0.4, 0.5) is 5.82 Å². The van der Waals surface area contributed by atoms with Gasteiger partial charge in [-0.1, -0.05) is 23.7 Å². The Morgan fingerprint density at radius 1 is 1.00 bits per heavy atom. The number of halogens is 1. The number of rotatable bonds is 3. The van der Waals surface area contributed by atoms with Crippen LogP contribution in [0, 0.1) is 0 Å². The van der Waals surface area contributed by atoms with Crippen molar-refractivity contribution in [3.05, 3.63) is 75.9 Å². The molecule has 9 heteroatoms. The van der Waals surface area contributed by atoms with E-state index in [0.29, 0.717) is 42.4 Å². The number of fused-ring (bicyclic) bond motifs is 1. The number of benzene rings is 1. The molecule has 1 saturated heterocycles. The molecule has 3 aromatic heterocycles. The van der Waals surface area contributed by atoms with Gasteiger partial charge in [-0.3, -0.25) is 14.3 Å². The second-order valence-electron chi connectivity index (χ2n) is 7.78. The van der Waals surface area contributed by atoms with Crippen molar-refractivity contribution in [3.8, 4) is 11.1 Å². The molecule has 5 rings (SSSR count). The quantitative estimate of drug-likeness (QED) is 0.520. The van der Waals surface area contributed by atoms with Crippen LogP contribution in [-0.4, -0.2) is 56.5 Å². The zero-order valence-electron chi connectivity index (χ0n) is 17.5. The zero-order chi connectivity index (χ0) is 22.2. The number of hydrogen-bond acceptors (Lipinski definition) is 5. The molecule has 162 valence electrons. The fraction of sp³-hybridized carbons (Fsp3) is 0.217. The van der Waals surface area contributed by atoms with Crippen LogP contribution in [0.1, 0.15) is 10.4 Å². The molecule has 1 N–H and O–H groups in total. The first kappa shape index (κ1) is 20.3. The molecule has 0 saturated carbocycles. The minimum atomic E-state index is -0.207. The number of imidazole rings is 1. The molecule has 0 unspecified atom stereocenters. The van der Waals surface area contributed by atoms with Gasteiger partial charge in [0, 0.05) is 56.7 Å². The summed E-state index contributed by atoms with van der Waals surface area (Å²) in [5.41, 5.74) is 3.41. The third-order valence-corrected chi connectivity index (χ3v) is 6.03. The highest BCUT2D eigenvalue weighted by Crippen LogP contribution is 2.24. The first-order chi connectivity index (χ1) is 15.5. The summed E-state index contributed by atoms with van der Waals surface area (Å²) in [6.07, 6.45) is 3.34. The lowest BCUT2D eigenvalue weighted by atomic mass is 10.0. The summed E-state index contributed by atoms with van der Waals surface area (Å²) < 4.78 is 1.52. The number of carbonyl (C=O) groups excluding carboxylic acids is 1. The monoisotopic (exact) mass is 448 g/mol. The summed E-state index contributed by atoms with van der Waals surface area (Å²) in [5, 5.41) is 0.607. The van der Waals surface area contributed by atoms with Crippen LogP contribution in [0.3, 0.4) is 0 Å². The number of aromatic nitrogens is 4. The Morgan fingerprint density at radius 2 is 1.81 bits per heavy atom. The molecule has 0 radical (unpaired) electrons. The topological polar surface area (TPSA) is 87.1 Å². The van der Waals surface area contributed by atoms with E-state index in [0.717, 1.165) is 22.5 Å². The standard InChI is InChI=1S/C23H21ClN6O2/c1-28-19-12-17(13-26-21(19)27-23(28)32)15-3-2-4-16(11-15)22(31)30-9-7-29(8-10-30)20-6-5-18(24)14-25-20/h2-6,11-14H,7-10H2,1H3,(H,26,27,32). The molecular formula is C23H21ClN6O2. The molecule has 1 aliphatic heterocycles. The number of aromatic amines is 1. The largest absolute Gasteiger partial charge is 0.353 e. The first-order valence-corrected chi connectivity index (χ1v) is 10.7. The minimum absolute atomic E-state index is 0.00125. The minimum Gasteiger partial charge on any atom is -0.353 e. The molecule has 1 aliphatic rings. The van der Waals surface area contributed by atoms with Crippen LogP contribution in [0.25, 0.3) is 22.3 Å². The molecule has 0 bridgehead atoms. The summed E-state index contributed by atoms with van der Waals surface area (Å²) in [7, 11) is 1.70. The second-order valence-corrected chi connectivity index (χ2v) is 8.21. The van der Waals surface area contributed by atoms with Gasteiger partial charge in [0.05, 0.1) is 10.5 Å². The van der Waals surface area contributed by atoms with Crippen molar-refractivity contribution in [2.75, 3.05) is 31.1 Å². The third-order valence-electron chi connectivity index (χ3n) is 5.80. The van der Waals surface area contributed by atoms with Crippen molar-refractivity contribution in [2.24, 2.45) is 7.05 Å². The highest BCUT2D eigenvalue weighted by molar-refractivity contribution is 6.30. The van der Waals surface area contributed by atoms with Gasteiger partial charge in [0.1, 0.15) is 5.82 Å². The van der Waals surface area contributed by atoms with Crippen molar-refractivity contribution in [1.29, 1.82) is 0 Å². The highest BCUT2D eigenvalue weighted by atomic mass is 35.5.